The third-order valence-corrected chi connectivity index (χ3v) is 2.46. The van der Waals surface area contributed by atoms with E-state index in [2.05, 4.69) is 0 Å². The summed E-state index contributed by atoms with van der Waals surface area (Å²) in [6, 6.07) is 2.89. The summed E-state index contributed by atoms with van der Waals surface area (Å²) in [5, 5.41) is 10.8. The lowest BCUT2D eigenvalue weighted by molar-refractivity contribution is -0.385. The number of ether oxygens (including phenoxy) is 1. The summed E-state index contributed by atoms with van der Waals surface area (Å²) in [6.07, 6.45) is 0. The lowest BCUT2D eigenvalue weighted by Gasteiger charge is -2.05. The summed E-state index contributed by atoms with van der Waals surface area (Å²) in [5.74, 6) is -0.740. The molecule has 1 rings (SSSR count). The van der Waals surface area contributed by atoms with Crippen molar-refractivity contribution in [2.24, 2.45) is 0 Å². The number of hydrogen-bond acceptors (Lipinski definition) is 4. The molecule has 0 saturated heterocycles. The van der Waals surface area contributed by atoms with Gasteiger partial charge in [0.05, 0.1) is 11.5 Å². The molecule has 0 heterocycles. The predicted octanol–water partition coefficient (Wildman–Crippen LogP) is 2.73. The SMILES string of the molecule is CCOC(=O)c1ccc(C)c(Cl)c1[N+](=O)[O-]. The fraction of sp³-hybridized carbons (Fsp3) is 0.300. The zero-order valence-corrected chi connectivity index (χ0v) is 9.58. The van der Waals surface area contributed by atoms with Gasteiger partial charge in [0.2, 0.25) is 0 Å². The Bertz CT molecular complexity index is 445. The average molecular weight is 244 g/mol. The fourth-order valence-corrected chi connectivity index (χ4v) is 1.45. The predicted molar refractivity (Wildman–Crippen MR) is 58.8 cm³/mol. The van der Waals surface area contributed by atoms with Gasteiger partial charge in [-0.2, -0.15) is 0 Å². The van der Waals surface area contributed by atoms with Crippen molar-refractivity contribution < 1.29 is 14.5 Å². The minimum absolute atomic E-state index is 0.0319. The number of aryl methyl sites for hydroxylation is 1. The molecular weight excluding hydrogens is 234 g/mol. The van der Waals surface area contributed by atoms with Crippen LogP contribution in [0.1, 0.15) is 22.8 Å². The smallest absolute Gasteiger partial charge is 0.345 e. The molecule has 0 N–H and O–H groups in total. The molecular formula is C10H10ClNO4. The van der Waals surface area contributed by atoms with E-state index in [4.69, 9.17) is 16.3 Å². The monoisotopic (exact) mass is 243 g/mol. The number of halogens is 1. The third kappa shape index (κ3) is 2.30. The van der Waals surface area contributed by atoms with Gasteiger partial charge in [0.1, 0.15) is 10.6 Å². The van der Waals surface area contributed by atoms with Crippen LogP contribution in [0.25, 0.3) is 0 Å². The van der Waals surface area contributed by atoms with Crippen LogP contribution in [-0.4, -0.2) is 17.5 Å². The molecule has 1 aromatic carbocycles. The molecule has 0 aliphatic heterocycles. The standard InChI is InChI=1S/C10H10ClNO4/c1-3-16-10(13)7-5-4-6(2)8(11)9(7)12(14)15/h4-5H,3H2,1-2H3. The number of rotatable bonds is 3. The van der Waals surface area contributed by atoms with Crippen LogP contribution in [0.2, 0.25) is 5.02 Å². The van der Waals surface area contributed by atoms with Gasteiger partial charge in [-0.3, -0.25) is 10.1 Å². The Morgan fingerprint density at radius 2 is 2.19 bits per heavy atom. The Morgan fingerprint density at radius 3 is 2.69 bits per heavy atom. The van der Waals surface area contributed by atoms with Crippen LogP contribution in [0.3, 0.4) is 0 Å². The Labute approximate surface area is 97.1 Å². The first-order valence-corrected chi connectivity index (χ1v) is 4.97. The molecule has 0 unspecified atom stereocenters. The normalized spacial score (nSPS) is 9.94. The summed E-state index contributed by atoms with van der Waals surface area (Å²) in [5.41, 5.74) is 0.0176. The summed E-state index contributed by atoms with van der Waals surface area (Å²) in [4.78, 5) is 21.6. The molecule has 0 fully saturated rings. The first kappa shape index (κ1) is 12.4. The molecule has 1 aromatic rings. The van der Waals surface area contributed by atoms with Crippen LogP contribution in [0.5, 0.6) is 0 Å². The van der Waals surface area contributed by atoms with Crippen molar-refractivity contribution in [1.82, 2.24) is 0 Å². The van der Waals surface area contributed by atoms with Gasteiger partial charge in [0.25, 0.3) is 0 Å². The van der Waals surface area contributed by atoms with Crippen molar-refractivity contribution in [2.75, 3.05) is 6.61 Å². The molecule has 86 valence electrons. The lowest BCUT2D eigenvalue weighted by atomic mass is 10.1. The van der Waals surface area contributed by atoms with Gasteiger partial charge in [-0.25, -0.2) is 4.79 Å². The van der Waals surface area contributed by atoms with E-state index in [0.717, 1.165) is 0 Å². The maximum atomic E-state index is 11.4. The molecule has 6 heteroatoms. The van der Waals surface area contributed by atoms with Crippen LogP contribution in [-0.2, 0) is 4.74 Å². The molecule has 16 heavy (non-hydrogen) atoms. The minimum atomic E-state index is -0.740. The van der Waals surface area contributed by atoms with Crippen molar-refractivity contribution >= 4 is 23.3 Å². The van der Waals surface area contributed by atoms with Gasteiger partial charge < -0.3 is 4.74 Å². The van der Waals surface area contributed by atoms with Gasteiger partial charge in [-0.05, 0) is 25.5 Å². The zero-order valence-electron chi connectivity index (χ0n) is 8.82. The van der Waals surface area contributed by atoms with Gasteiger partial charge in [0.15, 0.2) is 0 Å². The third-order valence-electron chi connectivity index (χ3n) is 1.99. The highest BCUT2D eigenvalue weighted by atomic mass is 35.5. The van der Waals surface area contributed by atoms with Gasteiger partial charge in [-0.1, -0.05) is 17.7 Å². The Kier molecular flexibility index (Phi) is 3.84. The highest BCUT2D eigenvalue weighted by Crippen LogP contribution is 2.31. The lowest BCUT2D eigenvalue weighted by Crippen LogP contribution is -2.08. The number of carbonyl (C=O) groups is 1. The number of nitrogens with zero attached hydrogens (tertiary/aromatic N) is 1. The van der Waals surface area contributed by atoms with Crippen LogP contribution >= 0.6 is 11.6 Å². The van der Waals surface area contributed by atoms with Crippen LogP contribution < -0.4 is 0 Å². The fourth-order valence-electron chi connectivity index (χ4n) is 1.22. The second-order valence-corrected chi connectivity index (χ2v) is 3.45. The molecule has 0 saturated carbocycles. The minimum Gasteiger partial charge on any atom is -0.462 e. The molecule has 0 spiro atoms. The van der Waals surface area contributed by atoms with Crippen molar-refractivity contribution in [2.45, 2.75) is 13.8 Å². The van der Waals surface area contributed by atoms with Gasteiger partial charge in [0, 0.05) is 0 Å². The molecule has 0 bridgehead atoms. The second kappa shape index (κ2) is 4.94. The Hall–Kier alpha value is -1.62. The summed E-state index contributed by atoms with van der Waals surface area (Å²) in [7, 11) is 0. The highest BCUT2D eigenvalue weighted by molar-refractivity contribution is 6.34. The van der Waals surface area contributed by atoms with Crippen LogP contribution in [0.4, 0.5) is 5.69 Å². The van der Waals surface area contributed by atoms with Crippen LogP contribution in [0.15, 0.2) is 12.1 Å². The van der Waals surface area contributed by atoms with E-state index >= 15 is 0 Å². The van der Waals surface area contributed by atoms with Crippen molar-refractivity contribution in [3.63, 3.8) is 0 Å². The largest absolute Gasteiger partial charge is 0.462 e. The number of esters is 1. The van der Waals surface area contributed by atoms with Gasteiger partial charge in [-0.15, -0.1) is 0 Å². The van der Waals surface area contributed by atoms with E-state index < -0.39 is 16.6 Å². The number of nitro groups is 1. The van der Waals surface area contributed by atoms with E-state index in [9.17, 15) is 14.9 Å². The topological polar surface area (TPSA) is 69.4 Å². The summed E-state index contributed by atoms with van der Waals surface area (Å²) in [6.45, 7) is 3.41. The Balaban J connectivity index is 3.34. The van der Waals surface area contributed by atoms with Crippen molar-refractivity contribution in [3.8, 4) is 0 Å². The number of carbonyl (C=O) groups excluding carboxylic acids is 1. The molecule has 0 aliphatic carbocycles. The number of hydrogen-bond donors (Lipinski definition) is 0. The summed E-state index contributed by atoms with van der Waals surface area (Å²) >= 11 is 5.79. The van der Waals surface area contributed by atoms with Gasteiger partial charge >= 0.3 is 11.7 Å². The molecule has 5 nitrogen and oxygen atoms in total. The first-order valence-electron chi connectivity index (χ1n) is 4.59. The van der Waals surface area contributed by atoms with E-state index in [1.165, 1.54) is 6.07 Å². The Morgan fingerprint density at radius 1 is 1.56 bits per heavy atom. The van der Waals surface area contributed by atoms with E-state index in [0.29, 0.717) is 5.56 Å². The van der Waals surface area contributed by atoms with E-state index in [-0.39, 0.29) is 17.2 Å². The average Bonchev–Trinajstić information content (AvgIpc) is 2.21. The van der Waals surface area contributed by atoms with E-state index in [1.54, 1.807) is 19.9 Å². The van der Waals surface area contributed by atoms with E-state index in [1.807, 2.05) is 0 Å². The highest BCUT2D eigenvalue weighted by Gasteiger charge is 2.25. The molecule has 0 amide bonds. The van der Waals surface area contributed by atoms with Crippen LogP contribution in [0, 0.1) is 17.0 Å². The first-order chi connectivity index (χ1) is 7.49. The maximum absolute atomic E-state index is 11.4. The number of nitro benzene ring substituents is 1. The number of benzene rings is 1. The quantitative estimate of drug-likeness (QED) is 0.465. The molecule has 0 radical (unpaired) electrons. The summed E-state index contributed by atoms with van der Waals surface area (Å²) < 4.78 is 4.71. The molecule has 0 atom stereocenters. The second-order valence-electron chi connectivity index (χ2n) is 3.07. The zero-order chi connectivity index (χ0) is 12.3. The van der Waals surface area contributed by atoms with Crippen molar-refractivity contribution in [3.05, 3.63) is 38.4 Å². The molecule has 0 aliphatic rings. The maximum Gasteiger partial charge on any atom is 0.345 e. The molecule has 0 aromatic heterocycles. The van der Waals surface area contributed by atoms with Crippen molar-refractivity contribution in [1.29, 1.82) is 0 Å².